The van der Waals surface area contributed by atoms with Gasteiger partial charge in [-0.1, -0.05) is 107 Å². The minimum Gasteiger partial charge on any atom is -0.507 e. The molecule has 0 bridgehead atoms. The molecule has 2 aromatic carbocycles. The number of benzene rings is 2. The molecule has 0 fully saturated rings. The number of ketones is 2. The van der Waals surface area contributed by atoms with Gasteiger partial charge in [-0.15, -0.1) is 0 Å². The number of nitrogens with two attached hydrogens (primary N) is 1. The van der Waals surface area contributed by atoms with Gasteiger partial charge >= 0.3 is 0 Å². The van der Waals surface area contributed by atoms with Gasteiger partial charge in [-0.2, -0.15) is 0 Å². The van der Waals surface area contributed by atoms with Crippen molar-refractivity contribution in [3.05, 3.63) is 57.6 Å². The molecule has 5 N–H and O–H groups in total. The molecule has 0 heterocycles. The summed E-state index contributed by atoms with van der Waals surface area (Å²) >= 11 is 0. The fourth-order valence-corrected chi connectivity index (χ4v) is 5.51. The molecule has 1 atom stereocenters. The molecule has 7 nitrogen and oxygen atoms in total. The molecule has 2 rings (SSSR count). The molecule has 1 unspecified atom stereocenters. The van der Waals surface area contributed by atoms with Crippen LogP contribution in [-0.4, -0.2) is 27.7 Å². The Kier molecular flexibility index (Phi) is 11.3. The average Bonchev–Trinajstić information content (AvgIpc) is 2.87. The normalized spacial score (nSPS) is 13.5. The number of rotatable bonds is 10. The van der Waals surface area contributed by atoms with Gasteiger partial charge < -0.3 is 10.2 Å². The summed E-state index contributed by atoms with van der Waals surface area (Å²) in [6, 6.07) is 7.72. The molecule has 0 aliphatic carbocycles. The van der Waals surface area contributed by atoms with Gasteiger partial charge in [0.25, 0.3) is 0 Å². The molecular formula is C37H56N2O5. The molecule has 244 valence electrons. The molecule has 0 aliphatic heterocycles. The Morgan fingerprint density at radius 3 is 1.30 bits per heavy atom. The number of nitrogens with one attached hydrogen (secondary N) is 1. The number of hydrogen-bond acceptors (Lipinski definition) is 6. The molecule has 7 heteroatoms. The number of hydrogen-bond donors (Lipinski definition) is 4. The maximum absolute atomic E-state index is 13.9. The zero-order chi connectivity index (χ0) is 34.0. The molecule has 0 aromatic heterocycles. The number of hydrazine groups is 1. The van der Waals surface area contributed by atoms with Crippen LogP contribution in [0.1, 0.15) is 136 Å². The summed E-state index contributed by atoms with van der Waals surface area (Å²) in [4.78, 5) is 39.3. The van der Waals surface area contributed by atoms with Crippen molar-refractivity contribution in [2.45, 2.75) is 137 Å². The van der Waals surface area contributed by atoms with Crippen molar-refractivity contribution in [1.82, 2.24) is 5.43 Å². The monoisotopic (exact) mass is 608 g/mol. The van der Waals surface area contributed by atoms with E-state index in [2.05, 4.69) is 5.43 Å². The number of aromatic hydroxyl groups is 2. The van der Waals surface area contributed by atoms with E-state index in [1.54, 1.807) is 0 Å². The molecular weight excluding hydrogens is 552 g/mol. The van der Waals surface area contributed by atoms with Gasteiger partial charge in [0, 0.05) is 19.3 Å². The van der Waals surface area contributed by atoms with Crippen LogP contribution in [0.15, 0.2) is 24.3 Å². The highest BCUT2D eigenvalue weighted by atomic mass is 16.3. The second-order valence-corrected chi connectivity index (χ2v) is 16.3. The Hall–Kier alpha value is -3.19. The van der Waals surface area contributed by atoms with Crippen molar-refractivity contribution < 1.29 is 24.6 Å². The van der Waals surface area contributed by atoms with E-state index in [4.69, 9.17) is 5.84 Å². The first-order chi connectivity index (χ1) is 19.9. The van der Waals surface area contributed by atoms with E-state index in [9.17, 15) is 24.6 Å². The summed E-state index contributed by atoms with van der Waals surface area (Å²) < 4.78 is 0. The average molecular weight is 609 g/mol. The summed E-state index contributed by atoms with van der Waals surface area (Å²) in [6.07, 6.45) is 0.515. The van der Waals surface area contributed by atoms with Gasteiger partial charge in [-0.05, 0) is 67.9 Å². The Balaban J connectivity index is 2.54. The highest BCUT2D eigenvalue weighted by Gasteiger charge is 2.31. The summed E-state index contributed by atoms with van der Waals surface area (Å²) in [5.74, 6) is 3.83. The van der Waals surface area contributed by atoms with Gasteiger partial charge in [-0.25, -0.2) is 5.84 Å². The van der Waals surface area contributed by atoms with E-state index in [1.165, 1.54) is 0 Å². The Bertz CT molecular complexity index is 1310. The predicted octanol–water partition coefficient (Wildman–Crippen LogP) is 6.99. The number of carbonyl (C=O) groups is 3. The lowest BCUT2D eigenvalue weighted by Crippen LogP contribution is -2.32. The number of phenolic OH excluding ortho intramolecular Hbond substituents is 2. The molecule has 0 radical (unpaired) electrons. The SMILES string of the molecule is CC(C)(C)c1cc(CCC(=O)C(Cc2cc(C(C)(C)C)c(O)c(C(C)(C)C)c2)C(=O)CCC(=O)NN)cc(C(C)(C)C)c1O. The second kappa shape index (κ2) is 13.4. The molecule has 2 aromatic rings. The van der Waals surface area contributed by atoms with Crippen LogP contribution >= 0.6 is 0 Å². The largest absolute Gasteiger partial charge is 0.507 e. The minimum absolute atomic E-state index is 0.0999. The summed E-state index contributed by atoms with van der Waals surface area (Å²) in [5.41, 5.74) is 5.59. The zero-order valence-electron chi connectivity index (χ0n) is 29.1. The first-order valence-corrected chi connectivity index (χ1v) is 15.7. The Morgan fingerprint density at radius 2 is 0.955 bits per heavy atom. The van der Waals surface area contributed by atoms with Gasteiger partial charge in [0.2, 0.25) is 5.91 Å². The van der Waals surface area contributed by atoms with Gasteiger partial charge in [0.05, 0.1) is 5.92 Å². The highest BCUT2D eigenvalue weighted by Crippen LogP contribution is 2.41. The summed E-state index contributed by atoms with van der Waals surface area (Å²) in [5, 5.41) is 22.3. The van der Waals surface area contributed by atoms with Crippen LogP contribution in [0.4, 0.5) is 0 Å². The van der Waals surface area contributed by atoms with Crippen molar-refractivity contribution in [2.75, 3.05) is 0 Å². The van der Waals surface area contributed by atoms with Crippen LogP contribution in [0.5, 0.6) is 11.5 Å². The molecule has 0 aliphatic rings. The Morgan fingerprint density at radius 1 is 0.614 bits per heavy atom. The van der Waals surface area contributed by atoms with E-state index >= 15 is 0 Å². The van der Waals surface area contributed by atoms with E-state index < -0.39 is 11.8 Å². The standard InChI is InChI=1S/C37H56N2O5/c1-34(2,3)25-18-22(19-26(32(25)43)35(4,5)6)13-14-29(40)24(30(41)15-16-31(42)39-38)17-23-20-27(36(7,8)9)33(44)28(21-23)37(10,11)12/h18-21,24,43-44H,13-17,38H2,1-12H3,(H,39,42). The lowest BCUT2D eigenvalue weighted by Gasteiger charge is -2.29. The lowest BCUT2D eigenvalue weighted by molar-refractivity contribution is -0.134. The van der Waals surface area contributed by atoms with Gasteiger partial charge in [-0.3, -0.25) is 19.8 Å². The number of carbonyl (C=O) groups excluding carboxylic acids is 3. The molecule has 44 heavy (non-hydrogen) atoms. The third-order valence-electron chi connectivity index (χ3n) is 8.21. The smallest absolute Gasteiger partial charge is 0.234 e. The third kappa shape index (κ3) is 9.40. The maximum Gasteiger partial charge on any atom is 0.234 e. The van der Waals surface area contributed by atoms with E-state index in [-0.39, 0.29) is 70.4 Å². The van der Waals surface area contributed by atoms with Crippen LogP contribution in [-0.2, 0) is 48.9 Å². The van der Waals surface area contributed by atoms with Gasteiger partial charge in [0.15, 0.2) is 0 Å². The van der Waals surface area contributed by atoms with Crippen molar-refractivity contribution in [3.8, 4) is 11.5 Å². The minimum atomic E-state index is -0.952. The van der Waals surface area contributed by atoms with E-state index in [0.29, 0.717) is 6.42 Å². The first kappa shape index (κ1) is 37.0. The fraction of sp³-hybridized carbons (Fsp3) is 0.595. The molecule has 1 amide bonds. The zero-order valence-corrected chi connectivity index (χ0v) is 29.1. The third-order valence-corrected chi connectivity index (χ3v) is 8.21. The van der Waals surface area contributed by atoms with Crippen molar-refractivity contribution in [3.63, 3.8) is 0 Å². The van der Waals surface area contributed by atoms with Crippen LogP contribution in [0, 0.1) is 5.92 Å². The first-order valence-electron chi connectivity index (χ1n) is 15.7. The van der Waals surface area contributed by atoms with Gasteiger partial charge in [0.1, 0.15) is 23.1 Å². The van der Waals surface area contributed by atoms with E-state index in [0.717, 1.165) is 33.4 Å². The number of aryl methyl sites for hydroxylation is 1. The fourth-order valence-electron chi connectivity index (χ4n) is 5.51. The van der Waals surface area contributed by atoms with Crippen LogP contribution in [0.25, 0.3) is 0 Å². The van der Waals surface area contributed by atoms with Crippen LogP contribution in [0.2, 0.25) is 0 Å². The van der Waals surface area contributed by atoms with Crippen LogP contribution in [0.3, 0.4) is 0 Å². The maximum atomic E-state index is 13.9. The summed E-state index contributed by atoms with van der Waals surface area (Å²) in [6.45, 7) is 24.4. The predicted molar refractivity (Wildman–Crippen MR) is 178 cm³/mol. The number of amides is 1. The van der Waals surface area contributed by atoms with Crippen molar-refractivity contribution in [1.29, 1.82) is 0 Å². The van der Waals surface area contributed by atoms with Crippen molar-refractivity contribution in [2.24, 2.45) is 11.8 Å². The topological polar surface area (TPSA) is 130 Å². The molecule has 0 saturated heterocycles. The summed E-state index contributed by atoms with van der Waals surface area (Å²) in [7, 11) is 0. The quantitative estimate of drug-likeness (QED) is 0.0996. The number of phenols is 2. The Labute approximate surface area is 265 Å². The lowest BCUT2D eigenvalue weighted by atomic mass is 9.76. The molecule has 0 spiro atoms. The van der Waals surface area contributed by atoms with Crippen LogP contribution < -0.4 is 11.3 Å². The highest BCUT2D eigenvalue weighted by molar-refractivity contribution is 6.03. The molecule has 0 saturated carbocycles. The second-order valence-electron chi connectivity index (χ2n) is 16.3. The van der Waals surface area contributed by atoms with E-state index in [1.807, 2.05) is 107 Å². The van der Waals surface area contributed by atoms with Crippen molar-refractivity contribution >= 4 is 17.5 Å². The number of Topliss-reactive ketones (excluding diaryl/α,β-unsaturated/α-hetero) is 2.